The standard InChI is InChI=1S/C18H26N2O2/c1-12(2)18-19-15-9-13(10-16(21-4)17(15)22-18)11-20(3)14-7-5-6-8-14/h9-10,12,14H,5-8,11H2,1-4H3. The Morgan fingerprint density at radius 2 is 2.05 bits per heavy atom. The molecule has 1 heterocycles. The van der Waals surface area contributed by atoms with Gasteiger partial charge in [0.15, 0.2) is 17.2 Å². The average Bonchev–Trinajstić information content (AvgIpc) is 3.15. The fourth-order valence-corrected chi connectivity index (χ4v) is 3.33. The SMILES string of the molecule is COc1cc(CN(C)C2CCCC2)cc2nc(C(C)C)oc12. The summed E-state index contributed by atoms with van der Waals surface area (Å²) in [4.78, 5) is 7.08. The first-order chi connectivity index (χ1) is 10.6. The second kappa shape index (κ2) is 6.29. The molecular weight excluding hydrogens is 276 g/mol. The van der Waals surface area contributed by atoms with Gasteiger partial charge in [0.05, 0.1) is 7.11 Å². The molecule has 0 radical (unpaired) electrons. The smallest absolute Gasteiger partial charge is 0.198 e. The summed E-state index contributed by atoms with van der Waals surface area (Å²) in [6, 6.07) is 4.94. The molecule has 1 aromatic carbocycles. The van der Waals surface area contributed by atoms with Gasteiger partial charge in [-0.3, -0.25) is 4.90 Å². The average molecular weight is 302 g/mol. The van der Waals surface area contributed by atoms with E-state index in [-0.39, 0.29) is 5.92 Å². The summed E-state index contributed by atoms with van der Waals surface area (Å²) in [5, 5.41) is 0. The number of fused-ring (bicyclic) bond motifs is 1. The van der Waals surface area contributed by atoms with Crippen LogP contribution in [-0.2, 0) is 6.54 Å². The summed E-state index contributed by atoms with van der Waals surface area (Å²) in [6.45, 7) is 5.11. The van der Waals surface area contributed by atoms with Crippen molar-refractivity contribution < 1.29 is 9.15 Å². The first kappa shape index (κ1) is 15.3. The third-order valence-corrected chi connectivity index (χ3v) is 4.63. The Balaban J connectivity index is 1.89. The molecule has 0 amide bonds. The van der Waals surface area contributed by atoms with Crippen LogP contribution in [0.25, 0.3) is 11.1 Å². The van der Waals surface area contributed by atoms with Crippen molar-refractivity contribution in [3.05, 3.63) is 23.6 Å². The molecule has 0 spiro atoms. The molecule has 0 N–H and O–H groups in total. The van der Waals surface area contributed by atoms with Crippen LogP contribution in [0.1, 0.15) is 56.9 Å². The van der Waals surface area contributed by atoms with Gasteiger partial charge in [-0.1, -0.05) is 26.7 Å². The van der Waals surface area contributed by atoms with E-state index in [0.29, 0.717) is 6.04 Å². The van der Waals surface area contributed by atoms with Gasteiger partial charge in [-0.15, -0.1) is 0 Å². The minimum absolute atomic E-state index is 0.279. The number of benzene rings is 1. The molecule has 1 aromatic heterocycles. The van der Waals surface area contributed by atoms with Crippen molar-refractivity contribution in [1.82, 2.24) is 9.88 Å². The third kappa shape index (κ3) is 2.98. The minimum Gasteiger partial charge on any atom is -0.493 e. The van der Waals surface area contributed by atoms with E-state index in [0.717, 1.165) is 29.3 Å². The lowest BCUT2D eigenvalue weighted by molar-refractivity contribution is 0.237. The molecule has 1 fully saturated rings. The van der Waals surface area contributed by atoms with E-state index in [1.54, 1.807) is 7.11 Å². The quantitative estimate of drug-likeness (QED) is 0.824. The predicted molar refractivity (Wildman–Crippen MR) is 88.4 cm³/mol. The second-order valence-corrected chi connectivity index (χ2v) is 6.71. The molecule has 0 aliphatic heterocycles. The Labute approximate surface area is 132 Å². The van der Waals surface area contributed by atoms with E-state index in [1.165, 1.54) is 31.2 Å². The first-order valence-electron chi connectivity index (χ1n) is 8.26. The van der Waals surface area contributed by atoms with Crippen molar-refractivity contribution in [2.45, 2.75) is 58.0 Å². The lowest BCUT2D eigenvalue weighted by Crippen LogP contribution is -2.28. The van der Waals surface area contributed by atoms with Crippen molar-refractivity contribution >= 4 is 11.1 Å². The van der Waals surface area contributed by atoms with E-state index in [2.05, 4.69) is 42.9 Å². The highest BCUT2D eigenvalue weighted by Crippen LogP contribution is 2.31. The van der Waals surface area contributed by atoms with Crippen molar-refractivity contribution in [1.29, 1.82) is 0 Å². The second-order valence-electron chi connectivity index (χ2n) is 6.71. The Bertz CT molecular complexity index is 642. The molecule has 0 unspecified atom stereocenters. The van der Waals surface area contributed by atoms with E-state index < -0.39 is 0 Å². The summed E-state index contributed by atoms with van der Waals surface area (Å²) in [6.07, 6.45) is 5.35. The van der Waals surface area contributed by atoms with E-state index in [1.807, 2.05) is 0 Å². The minimum atomic E-state index is 0.279. The highest BCUT2D eigenvalue weighted by Gasteiger charge is 2.21. The maximum absolute atomic E-state index is 5.86. The first-order valence-corrected chi connectivity index (χ1v) is 8.26. The van der Waals surface area contributed by atoms with Crippen LogP contribution in [0.4, 0.5) is 0 Å². The van der Waals surface area contributed by atoms with Gasteiger partial charge in [-0.05, 0) is 37.6 Å². The largest absolute Gasteiger partial charge is 0.493 e. The van der Waals surface area contributed by atoms with Crippen molar-refractivity contribution in [3.8, 4) is 5.75 Å². The molecule has 2 aromatic rings. The zero-order valence-electron chi connectivity index (χ0n) is 14.1. The molecule has 0 bridgehead atoms. The molecule has 22 heavy (non-hydrogen) atoms. The van der Waals surface area contributed by atoms with Gasteiger partial charge in [0.1, 0.15) is 5.52 Å². The van der Waals surface area contributed by atoms with Crippen LogP contribution >= 0.6 is 0 Å². The molecule has 1 aliphatic rings. The Kier molecular flexibility index (Phi) is 4.39. The topological polar surface area (TPSA) is 38.5 Å². The molecular formula is C18H26N2O2. The van der Waals surface area contributed by atoms with Gasteiger partial charge >= 0.3 is 0 Å². The number of ether oxygens (including phenoxy) is 1. The lowest BCUT2D eigenvalue weighted by atomic mass is 10.1. The number of nitrogens with zero attached hydrogens (tertiary/aromatic N) is 2. The molecule has 0 atom stereocenters. The van der Waals surface area contributed by atoms with Crippen LogP contribution in [0, 0.1) is 0 Å². The molecule has 1 saturated carbocycles. The number of rotatable bonds is 5. The van der Waals surface area contributed by atoms with Gasteiger partial charge in [-0.25, -0.2) is 4.98 Å². The lowest BCUT2D eigenvalue weighted by Gasteiger charge is -2.24. The van der Waals surface area contributed by atoms with Crippen LogP contribution in [0.5, 0.6) is 5.75 Å². The maximum Gasteiger partial charge on any atom is 0.198 e. The fraction of sp³-hybridized carbons (Fsp3) is 0.611. The fourth-order valence-electron chi connectivity index (χ4n) is 3.33. The van der Waals surface area contributed by atoms with Crippen molar-refractivity contribution in [2.24, 2.45) is 0 Å². The highest BCUT2D eigenvalue weighted by molar-refractivity contribution is 5.80. The van der Waals surface area contributed by atoms with Crippen LogP contribution in [-0.4, -0.2) is 30.1 Å². The molecule has 120 valence electrons. The number of oxazole rings is 1. The number of hydrogen-bond acceptors (Lipinski definition) is 4. The predicted octanol–water partition coefficient (Wildman–Crippen LogP) is 4.33. The Morgan fingerprint density at radius 1 is 1.32 bits per heavy atom. The van der Waals surface area contributed by atoms with Crippen LogP contribution in [0.2, 0.25) is 0 Å². The van der Waals surface area contributed by atoms with Gasteiger partial charge in [-0.2, -0.15) is 0 Å². The van der Waals surface area contributed by atoms with Crippen LogP contribution < -0.4 is 4.74 Å². The summed E-state index contributed by atoms with van der Waals surface area (Å²) in [5.74, 6) is 1.84. The zero-order valence-corrected chi connectivity index (χ0v) is 14.1. The maximum atomic E-state index is 5.86. The third-order valence-electron chi connectivity index (χ3n) is 4.63. The van der Waals surface area contributed by atoms with Crippen molar-refractivity contribution in [2.75, 3.05) is 14.2 Å². The summed E-state index contributed by atoms with van der Waals surface area (Å²) in [5.41, 5.74) is 2.90. The molecule has 4 heteroatoms. The van der Waals surface area contributed by atoms with Crippen molar-refractivity contribution in [3.63, 3.8) is 0 Å². The molecule has 0 saturated heterocycles. The van der Waals surface area contributed by atoms with E-state index in [4.69, 9.17) is 9.15 Å². The van der Waals surface area contributed by atoms with Gasteiger partial charge in [0.25, 0.3) is 0 Å². The van der Waals surface area contributed by atoms with Crippen LogP contribution in [0.3, 0.4) is 0 Å². The van der Waals surface area contributed by atoms with E-state index >= 15 is 0 Å². The molecule has 4 nitrogen and oxygen atoms in total. The Hall–Kier alpha value is -1.55. The molecule has 3 rings (SSSR count). The summed E-state index contributed by atoms with van der Waals surface area (Å²) < 4.78 is 11.4. The zero-order chi connectivity index (χ0) is 15.7. The molecule has 1 aliphatic carbocycles. The number of methoxy groups -OCH3 is 1. The van der Waals surface area contributed by atoms with Gasteiger partial charge in [0.2, 0.25) is 0 Å². The normalized spacial score (nSPS) is 16.3. The van der Waals surface area contributed by atoms with Gasteiger partial charge in [0, 0.05) is 18.5 Å². The summed E-state index contributed by atoms with van der Waals surface area (Å²) in [7, 11) is 3.91. The van der Waals surface area contributed by atoms with E-state index in [9.17, 15) is 0 Å². The highest BCUT2D eigenvalue weighted by atomic mass is 16.5. The van der Waals surface area contributed by atoms with Gasteiger partial charge < -0.3 is 9.15 Å². The van der Waals surface area contributed by atoms with Crippen LogP contribution in [0.15, 0.2) is 16.5 Å². The number of aromatic nitrogens is 1. The monoisotopic (exact) mass is 302 g/mol. The summed E-state index contributed by atoms with van der Waals surface area (Å²) >= 11 is 0. The number of hydrogen-bond donors (Lipinski definition) is 0. The Morgan fingerprint density at radius 3 is 2.68 bits per heavy atom.